The molecule has 1 heterocycles. The van der Waals surface area contributed by atoms with Gasteiger partial charge in [-0.25, -0.2) is 4.79 Å². The lowest BCUT2D eigenvalue weighted by molar-refractivity contribution is -0.139. The van der Waals surface area contributed by atoms with Crippen molar-refractivity contribution >= 4 is 29.4 Å². The number of carbonyl (C=O) groups excluding carboxylic acids is 1. The summed E-state index contributed by atoms with van der Waals surface area (Å²) in [6.07, 6.45) is 3.05. The number of halogens is 1. The Morgan fingerprint density at radius 1 is 1.35 bits per heavy atom. The second-order valence-electron chi connectivity index (χ2n) is 4.82. The lowest BCUT2D eigenvalue weighted by Crippen LogP contribution is -2.09. The van der Waals surface area contributed by atoms with Crippen LogP contribution in [0.2, 0.25) is 5.15 Å². The average molecular weight is 335 g/mol. The molecule has 0 aliphatic carbocycles. The Kier molecular flexibility index (Phi) is 5.18. The van der Waals surface area contributed by atoms with Crippen LogP contribution in [0.4, 0.5) is 0 Å². The van der Waals surface area contributed by atoms with Crippen LogP contribution in [0, 0.1) is 6.92 Å². The van der Waals surface area contributed by atoms with E-state index >= 15 is 0 Å². The Labute approximate surface area is 137 Å². The second-order valence-corrected chi connectivity index (χ2v) is 5.18. The quantitative estimate of drug-likeness (QED) is 0.649. The molecule has 23 heavy (non-hydrogen) atoms. The Morgan fingerprint density at radius 2 is 2.00 bits per heavy atom. The van der Waals surface area contributed by atoms with Crippen LogP contribution in [0.5, 0.6) is 5.75 Å². The van der Waals surface area contributed by atoms with Crippen LogP contribution in [-0.2, 0) is 11.8 Å². The zero-order chi connectivity index (χ0) is 17.0. The molecule has 0 radical (unpaired) electrons. The highest BCUT2D eigenvalue weighted by atomic mass is 35.5. The van der Waals surface area contributed by atoms with Gasteiger partial charge in [0.15, 0.2) is 12.4 Å². The number of aryl methyl sites for hydroxylation is 2. The molecule has 0 amide bonds. The fourth-order valence-electron chi connectivity index (χ4n) is 1.95. The van der Waals surface area contributed by atoms with Crippen molar-refractivity contribution in [2.24, 2.45) is 7.05 Å². The van der Waals surface area contributed by atoms with E-state index in [0.29, 0.717) is 22.0 Å². The standard InChI is InChI=1S/C16H15ClN2O4/c1-10-13(16(17)19(2)18-10)7-8-14(20)11-3-5-12(6-4-11)23-9-15(21)22/h3-8H,9H2,1-2H3,(H,21,22). The molecule has 1 N–H and O–H groups in total. The molecule has 7 heteroatoms. The van der Waals surface area contributed by atoms with Gasteiger partial charge in [-0.3, -0.25) is 9.48 Å². The smallest absolute Gasteiger partial charge is 0.341 e. The highest BCUT2D eigenvalue weighted by molar-refractivity contribution is 6.31. The molecular formula is C16H15ClN2O4. The van der Waals surface area contributed by atoms with E-state index in [2.05, 4.69) is 5.10 Å². The zero-order valence-electron chi connectivity index (χ0n) is 12.6. The number of ether oxygens (including phenoxy) is 1. The van der Waals surface area contributed by atoms with E-state index in [-0.39, 0.29) is 5.78 Å². The Hall–Kier alpha value is -2.60. The van der Waals surface area contributed by atoms with Crippen molar-refractivity contribution in [1.29, 1.82) is 0 Å². The van der Waals surface area contributed by atoms with Crippen LogP contribution in [0.3, 0.4) is 0 Å². The van der Waals surface area contributed by atoms with Gasteiger partial charge in [0.25, 0.3) is 0 Å². The third-order valence-electron chi connectivity index (χ3n) is 3.10. The SMILES string of the molecule is Cc1nn(C)c(Cl)c1C=CC(=O)c1ccc(OCC(=O)O)cc1. The first-order valence-corrected chi connectivity index (χ1v) is 7.12. The second kappa shape index (κ2) is 7.11. The summed E-state index contributed by atoms with van der Waals surface area (Å²) in [5.41, 5.74) is 1.89. The van der Waals surface area contributed by atoms with Crippen molar-refractivity contribution < 1.29 is 19.4 Å². The van der Waals surface area contributed by atoms with E-state index in [1.807, 2.05) is 6.92 Å². The summed E-state index contributed by atoms with van der Waals surface area (Å²) < 4.78 is 6.55. The minimum atomic E-state index is -1.06. The number of carbonyl (C=O) groups is 2. The number of carboxylic acids is 1. The third kappa shape index (κ3) is 4.20. The summed E-state index contributed by atoms with van der Waals surface area (Å²) in [7, 11) is 1.73. The van der Waals surface area contributed by atoms with Gasteiger partial charge in [0.05, 0.1) is 5.69 Å². The van der Waals surface area contributed by atoms with Crippen molar-refractivity contribution in [1.82, 2.24) is 9.78 Å². The summed E-state index contributed by atoms with van der Waals surface area (Å²) in [6.45, 7) is 1.39. The lowest BCUT2D eigenvalue weighted by atomic mass is 10.1. The van der Waals surface area contributed by atoms with Gasteiger partial charge in [0.1, 0.15) is 10.9 Å². The van der Waals surface area contributed by atoms with Gasteiger partial charge >= 0.3 is 5.97 Å². The monoisotopic (exact) mass is 334 g/mol. The molecule has 2 aromatic rings. The van der Waals surface area contributed by atoms with Crippen molar-refractivity contribution in [3.05, 3.63) is 52.3 Å². The highest BCUT2D eigenvalue weighted by Crippen LogP contribution is 2.20. The predicted molar refractivity (Wildman–Crippen MR) is 85.9 cm³/mol. The van der Waals surface area contributed by atoms with E-state index in [1.165, 1.54) is 10.8 Å². The molecule has 6 nitrogen and oxygen atoms in total. The van der Waals surface area contributed by atoms with Crippen molar-refractivity contribution in [3.8, 4) is 5.75 Å². The van der Waals surface area contributed by atoms with Gasteiger partial charge < -0.3 is 9.84 Å². The number of benzene rings is 1. The fourth-order valence-corrected chi connectivity index (χ4v) is 2.19. The normalized spacial score (nSPS) is 10.9. The number of aliphatic carboxylic acids is 1. The van der Waals surface area contributed by atoms with Gasteiger partial charge in [-0.1, -0.05) is 11.6 Å². The van der Waals surface area contributed by atoms with Gasteiger partial charge in [0, 0.05) is 18.2 Å². The molecule has 0 bridgehead atoms. The number of hydrogen-bond donors (Lipinski definition) is 1. The lowest BCUT2D eigenvalue weighted by Gasteiger charge is -2.03. The van der Waals surface area contributed by atoms with Gasteiger partial charge in [-0.05, 0) is 43.3 Å². The van der Waals surface area contributed by atoms with Crippen LogP contribution in [0.1, 0.15) is 21.6 Å². The molecule has 0 spiro atoms. The molecule has 1 aromatic heterocycles. The van der Waals surface area contributed by atoms with Crippen LogP contribution >= 0.6 is 11.6 Å². The van der Waals surface area contributed by atoms with Crippen LogP contribution < -0.4 is 4.74 Å². The highest BCUT2D eigenvalue weighted by Gasteiger charge is 2.09. The van der Waals surface area contributed by atoms with Crippen molar-refractivity contribution in [2.45, 2.75) is 6.92 Å². The first-order valence-electron chi connectivity index (χ1n) is 6.74. The van der Waals surface area contributed by atoms with E-state index in [0.717, 1.165) is 5.69 Å². The first-order chi connectivity index (χ1) is 10.9. The first kappa shape index (κ1) is 16.8. The number of allylic oxidation sites excluding steroid dienone is 1. The zero-order valence-corrected chi connectivity index (χ0v) is 13.4. The minimum absolute atomic E-state index is 0.200. The predicted octanol–water partition coefficient (Wildman–Crippen LogP) is 2.74. The summed E-state index contributed by atoms with van der Waals surface area (Å²) >= 11 is 6.10. The summed E-state index contributed by atoms with van der Waals surface area (Å²) in [5, 5.41) is 13.2. The largest absolute Gasteiger partial charge is 0.482 e. The van der Waals surface area contributed by atoms with E-state index in [4.69, 9.17) is 21.4 Å². The van der Waals surface area contributed by atoms with Crippen LogP contribution in [-0.4, -0.2) is 33.2 Å². The van der Waals surface area contributed by atoms with E-state index in [1.54, 1.807) is 37.4 Å². The average Bonchev–Trinajstić information content (AvgIpc) is 2.76. The van der Waals surface area contributed by atoms with Crippen LogP contribution in [0.25, 0.3) is 6.08 Å². The molecule has 0 fully saturated rings. The Bertz CT molecular complexity index is 763. The van der Waals surface area contributed by atoms with Gasteiger partial charge in [-0.15, -0.1) is 0 Å². The number of hydrogen-bond acceptors (Lipinski definition) is 4. The molecule has 0 atom stereocenters. The van der Waals surface area contributed by atoms with E-state index < -0.39 is 12.6 Å². The Morgan fingerprint density at radius 3 is 2.52 bits per heavy atom. The van der Waals surface area contributed by atoms with E-state index in [9.17, 15) is 9.59 Å². The topological polar surface area (TPSA) is 81.4 Å². The van der Waals surface area contributed by atoms with Crippen molar-refractivity contribution in [2.75, 3.05) is 6.61 Å². The molecule has 0 saturated heterocycles. The molecule has 2 rings (SSSR count). The summed E-state index contributed by atoms with van der Waals surface area (Å²) in [4.78, 5) is 22.6. The number of ketones is 1. The molecular weight excluding hydrogens is 320 g/mol. The molecule has 0 saturated carbocycles. The molecule has 0 aliphatic heterocycles. The maximum Gasteiger partial charge on any atom is 0.341 e. The van der Waals surface area contributed by atoms with Gasteiger partial charge in [0.2, 0.25) is 0 Å². The number of nitrogens with zero attached hydrogens (tertiary/aromatic N) is 2. The maximum atomic E-state index is 12.1. The number of rotatable bonds is 6. The summed E-state index contributed by atoms with van der Waals surface area (Å²) in [5.74, 6) is -0.870. The van der Waals surface area contributed by atoms with Gasteiger partial charge in [-0.2, -0.15) is 5.10 Å². The number of aromatic nitrogens is 2. The molecule has 0 aliphatic rings. The Balaban J connectivity index is 2.08. The third-order valence-corrected chi connectivity index (χ3v) is 3.55. The molecule has 120 valence electrons. The van der Waals surface area contributed by atoms with Crippen LogP contribution in [0.15, 0.2) is 30.3 Å². The molecule has 1 aromatic carbocycles. The van der Waals surface area contributed by atoms with Crippen molar-refractivity contribution in [3.63, 3.8) is 0 Å². The number of carboxylic acid groups (broad SMARTS) is 1. The molecule has 0 unspecified atom stereocenters. The minimum Gasteiger partial charge on any atom is -0.482 e. The maximum absolute atomic E-state index is 12.1. The fraction of sp³-hybridized carbons (Fsp3) is 0.188. The summed E-state index contributed by atoms with van der Waals surface area (Å²) in [6, 6.07) is 6.24.